The number of benzene rings is 4. The summed E-state index contributed by atoms with van der Waals surface area (Å²) in [6.45, 7) is 8.49. The number of rotatable bonds is 7. The molecule has 0 amide bonds. The molecule has 4 aromatic carbocycles. The number of carbonyl (C=O) groups excluding carboxylic acids is 5. The first-order chi connectivity index (χ1) is 23.3. The van der Waals surface area contributed by atoms with Crippen LogP contribution in [0.5, 0.6) is 28.7 Å². The molecule has 0 saturated carbocycles. The summed E-state index contributed by atoms with van der Waals surface area (Å²) in [7, 11) is 0. The quantitative estimate of drug-likeness (QED) is 0.154. The van der Waals surface area contributed by atoms with Crippen molar-refractivity contribution in [1.29, 1.82) is 0 Å². The van der Waals surface area contributed by atoms with Crippen molar-refractivity contribution in [1.82, 2.24) is 0 Å². The van der Waals surface area contributed by atoms with E-state index < -0.39 is 41.7 Å². The van der Waals surface area contributed by atoms with Gasteiger partial charge in [0, 0.05) is 81.5 Å². The largest absolute Gasteiger partial charge is 0.427 e. The van der Waals surface area contributed by atoms with E-state index in [2.05, 4.69) is 0 Å². The fourth-order valence-corrected chi connectivity index (χ4v) is 7.34. The minimum Gasteiger partial charge on any atom is -0.427 e. The topological polar surface area (TPSA) is 132 Å². The normalized spacial score (nSPS) is 18.4. The molecule has 0 saturated heterocycles. The van der Waals surface area contributed by atoms with E-state index in [-0.39, 0.29) is 34.8 Å². The van der Waals surface area contributed by atoms with Crippen LogP contribution in [-0.4, -0.2) is 29.8 Å². The summed E-state index contributed by atoms with van der Waals surface area (Å²) in [4.78, 5) is 61.1. The number of ether oxygens (including phenoxy) is 5. The van der Waals surface area contributed by atoms with Crippen LogP contribution in [0.2, 0.25) is 0 Å². The van der Waals surface area contributed by atoms with E-state index in [0.29, 0.717) is 11.3 Å². The molecule has 10 nitrogen and oxygen atoms in total. The van der Waals surface area contributed by atoms with Crippen molar-refractivity contribution in [3.05, 3.63) is 112 Å². The lowest BCUT2D eigenvalue weighted by Gasteiger charge is -2.24. The Bertz CT molecular complexity index is 2010. The van der Waals surface area contributed by atoms with E-state index in [1.54, 1.807) is 30.3 Å². The standard InChI is InChI=1S/C39H34O10/c1-19-7-9-25(10-8-19)34-36-30(15-28(46-21(3)41)17-32(36)48-23(5)43)39-35(26-11-13-27(14-12-26)45-20(2)40)37-31(38(34)39)16-29(47-22(4)42)18-33(37)49-24(6)44/h7-18,34-35,38-39H,1-6H3/t34-,35-,38+,39+/m1/s1. The minimum atomic E-state index is -0.562. The maximum Gasteiger partial charge on any atom is 0.308 e. The molecule has 0 spiro atoms. The molecule has 0 radical (unpaired) electrons. The predicted molar refractivity (Wildman–Crippen MR) is 176 cm³/mol. The average Bonchev–Trinajstić information content (AvgIpc) is 3.50. The number of fused-ring (bicyclic) bond motifs is 5. The highest BCUT2D eigenvalue weighted by molar-refractivity contribution is 5.77. The highest BCUT2D eigenvalue weighted by atomic mass is 16.6. The second-order valence-corrected chi connectivity index (χ2v) is 12.3. The molecule has 0 unspecified atom stereocenters. The number of hydrogen-bond donors (Lipinski definition) is 0. The van der Waals surface area contributed by atoms with Gasteiger partial charge in [0.1, 0.15) is 28.7 Å². The first kappa shape index (κ1) is 33.1. The van der Waals surface area contributed by atoms with Crippen LogP contribution in [0.1, 0.15) is 97.2 Å². The van der Waals surface area contributed by atoms with Crippen LogP contribution in [0, 0.1) is 6.92 Å². The SMILES string of the molecule is CC(=O)Oc1ccc([C@@H]2c3c(OC(C)=O)cc(OC(C)=O)cc3[C@H]3[C@H](c4ccc(C)cc4)c4c(OC(C)=O)cc(OC(C)=O)cc4[C@@H]23)cc1. The number of hydrogen-bond acceptors (Lipinski definition) is 10. The van der Waals surface area contributed by atoms with Gasteiger partial charge in [-0.2, -0.15) is 0 Å². The van der Waals surface area contributed by atoms with Gasteiger partial charge in [0.05, 0.1) is 0 Å². The van der Waals surface area contributed by atoms with Gasteiger partial charge in [0.15, 0.2) is 0 Å². The molecule has 2 aliphatic carbocycles. The first-order valence-electron chi connectivity index (χ1n) is 15.7. The fraction of sp³-hybridized carbons (Fsp3) is 0.256. The smallest absolute Gasteiger partial charge is 0.308 e. The summed E-state index contributed by atoms with van der Waals surface area (Å²) in [6, 6.07) is 21.8. The van der Waals surface area contributed by atoms with Crippen molar-refractivity contribution in [2.45, 2.75) is 65.2 Å². The molecule has 4 atom stereocenters. The Morgan fingerprint density at radius 2 is 0.796 bits per heavy atom. The van der Waals surface area contributed by atoms with Gasteiger partial charge in [0.2, 0.25) is 0 Å². The van der Waals surface area contributed by atoms with Crippen molar-refractivity contribution in [2.75, 3.05) is 0 Å². The Hall–Kier alpha value is -5.77. The van der Waals surface area contributed by atoms with Crippen molar-refractivity contribution in [3.8, 4) is 28.7 Å². The molecule has 0 fully saturated rings. The van der Waals surface area contributed by atoms with Crippen molar-refractivity contribution in [3.63, 3.8) is 0 Å². The van der Waals surface area contributed by atoms with Gasteiger partial charge < -0.3 is 23.7 Å². The maximum atomic E-state index is 12.5. The molecule has 0 heterocycles. The summed E-state index contributed by atoms with van der Waals surface area (Å²) < 4.78 is 28.1. The minimum absolute atomic E-state index is 0.200. The molecule has 250 valence electrons. The van der Waals surface area contributed by atoms with Gasteiger partial charge in [-0.15, -0.1) is 0 Å². The predicted octanol–water partition coefficient (Wildman–Crippen LogP) is 6.78. The summed E-state index contributed by atoms with van der Waals surface area (Å²) in [5, 5.41) is 0. The van der Waals surface area contributed by atoms with Crippen molar-refractivity contribution >= 4 is 29.8 Å². The Morgan fingerprint density at radius 1 is 0.449 bits per heavy atom. The van der Waals surface area contributed by atoms with E-state index in [0.717, 1.165) is 33.4 Å². The van der Waals surface area contributed by atoms with Gasteiger partial charge in [-0.25, -0.2) is 0 Å². The third-order valence-electron chi connectivity index (χ3n) is 8.71. The maximum absolute atomic E-state index is 12.5. The summed E-state index contributed by atoms with van der Waals surface area (Å²) in [6.07, 6.45) is 0. The van der Waals surface area contributed by atoms with Gasteiger partial charge in [0.25, 0.3) is 0 Å². The highest BCUT2D eigenvalue weighted by Crippen LogP contribution is 2.69. The zero-order valence-electron chi connectivity index (χ0n) is 27.8. The van der Waals surface area contributed by atoms with Crippen LogP contribution in [0.3, 0.4) is 0 Å². The lowest BCUT2D eigenvalue weighted by molar-refractivity contribution is -0.133. The first-order valence-corrected chi connectivity index (χ1v) is 15.7. The molecule has 49 heavy (non-hydrogen) atoms. The Morgan fingerprint density at radius 3 is 1.16 bits per heavy atom. The Labute approximate surface area is 282 Å². The van der Waals surface area contributed by atoms with Crippen molar-refractivity contribution in [2.24, 2.45) is 0 Å². The van der Waals surface area contributed by atoms with E-state index in [1.807, 2.05) is 43.3 Å². The summed E-state index contributed by atoms with van der Waals surface area (Å²) in [5.74, 6) is -3.05. The lowest BCUT2D eigenvalue weighted by atomic mass is 9.79. The molecule has 0 N–H and O–H groups in total. The van der Waals surface area contributed by atoms with E-state index in [4.69, 9.17) is 23.7 Å². The van der Waals surface area contributed by atoms with Crippen LogP contribution in [0.15, 0.2) is 72.8 Å². The monoisotopic (exact) mass is 662 g/mol. The molecular weight excluding hydrogens is 628 g/mol. The zero-order valence-corrected chi connectivity index (χ0v) is 27.8. The molecule has 2 aliphatic rings. The Kier molecular flexibility index (Phi) is 8.81. The van der Waals surface area contributed by atoms with Gasteiger partial charge in [-0.1, -0.05) is 42.0 Å². The molecule has 0 aliphatic heterocycles. The summed E-state index contributed by atoms with van der Waals surface area (Å²) >= 11 is 0. The van der Waals surface area contributed by atoms with Crippen LogP contribution in [0.25, 0.3) is 0 Å². The lowest BCUT2D eigenvalue weighted by Crippen LogP contribution is -2.12. The molecule has 10 heteroatoms. The van der Waals surface area contributed by atoms with Crippen LogP contribution >= 0.6 is 0 Å². The number of esters is 5. The molecule has 6 rings (SSSR count). The van der Waals surface area contributed by atoms with Gasteiger partial charge in [-0.3, -0.25) is 24.0 Å². The molecule has 4 aromatic rings. The van der Waals surface area contributed by atoms with Gasteiger partial charge in [-0.05, 0) is 53.4 Å². The van der Waals surface area contributed by atoms with E-state index in [9.17, 15) is 24.0 Å². The molecular formula is C39H34O10. The Balaban J connectivity index is 1.69. The molecule has 0 aromatic heterocycles. The molecule has 0 bridgehead atoms. The van der Waals surface area contributed by atoms with Crippen LogP contribution in [0.4, 0.5) is 0 Å². The second-order valence-electron chi connectivity index (χ2n) is 12.3. The van der Waals surface area contributed by atoms with E-state index in [1.165, 1.54) is 40.7 Å². The number of aryl methyl sites for hydroxylation is 1. The average molecular weight is 663 g/mol. The van der Waals surface area contributed by atoms with E-state index >= 15 is 0 Å². The highest BCUT2D eigenvalue weighted by Gasteiger charge is 2.55. The zero-order chi connectivity index (χ0) is 35.1. The van der Waals surface area contributed by atoms with Crippen LogP contribution in [-0.2, 0) is 24.0 Å². The third-order valence-corrected chi connectivity index (χ3v) is 8.71. The fourth-order valence-electron chi connectivity index (χ4n) is 7.34. The third kappa shape index (κ3) is 6.54. The summed E-state index contributed by atoms with van der Waals surface area (Å²) in [5.41, 5.74) is 5.76. The second kappa shape index (κ2) is 13.0. The van der Waals surface area contributed by atoms with Crippen LogP contribution < -0.4 is 23.7 Å². The van der Waals surface area contributed by atoms with Crippen molar-refractivity contribution < 1.29 is 47.7 Å². The van der Waals surface area contributed by atoms with Gasteiger partial charge >= 0.3 is 29.8 Å². The number of carbonyl (C=O) groups is 5.